The molecule has 0 saturated heterocycles. The Kier molecular flexibility index (Phi) is 3.56. The lowest BCUT2D eigenvalue weighted by Crippen LogP contribution is -2.13. The van der Waals surface area contributed by atoms with Gasteiger partial charge in [0.05, 0.1) is 7.11 Å². The van der Waals surface area contributed by atoms with Gasteiger partial charge in [0.25, 0.3) is 5.91 Å². The molecule has 1 amide bonds. The third-order valence-electron chi connectivity index (χ3n) is 2.00. The van der Waals surface area contributed by atoms with Gasteiger partial charge in [-0.25, -0.2) is 9.49 Å². The number of nitrogens with one attached hydrogen (secondary N) is 2. The molecule has 0 unspecified atom stereocenters. The molecule has 0 aliphatic heterocycles. The second kappa shape index (κ2) is 5.13. The molecule has 0 saturated carbocycles. The Bertz CT molecular complexity index is 567. The molecule has 1 heterocycles. The van der Waals surface area contributed by atoms with Crippen LogP contribution in [0.3, 0.4) is 0 Å². The Labute approximate surface area is 110 Å². The van der Waals surface area contributed by atoms with Crippen molar-refractivity contribution in [3.05, 3.63) is 34.1 Å². The van der Waals surface area contributed by atoms with Crippen LogP contribution in [0.2, 0.25) is 0 Å². The lowest BCUT2D eigenvalue weighted by molar-refractivity contribution is 0.102. The standard InChI is InChI=1S/C10H8BrFN4O2/c1-18-10-14-9(15-16-10)13-8(17)5-2-6(11)4-7(12)3-5/h2-4H,1H3,(H2,13,14,15,16,17). The fourth-order valence-electron chi connectivity index (χ4n) is 1.26. The molecule has 0 radical (unpaired) electrons. The summed E-state index contributed by atoms with van der Waals surface area (Å²) in [5.41, 5.74) is 0.164. The first kappa shape index (κ1) is 12.5. The van der Waals surface area contributed by atoms with Crippen molar-refractivity contribution in [2.75, 3.05) is 12.4 Å². The van der Waals surface area contributed by atoms with E-state index in [0.29, 0.717) is 4.47 Å². The minimum atomic E-state index is -0.510. The Morgan fingerprint density at radius 3 is 2.89 bits per heavy atom. The van der Waals surface area contributed by atoms with Crippen LogP contribution in [0, 0.1) is 5.82 Å². The van der Waals surface area contributed by atoms with Crippen molar-refractivity contribution in [1.29, 1.82) is 0 Å². The molecule has 1 aromatic heterocycles. The minimum absolute atomic E-state index is 0.103. The molecule has 18 heavy (non-hydrogen) atoms. The summed E-state index contributed by atoms with van der Waals surface area (Å²) < 4.78 is 18.3. The van der Waals surface area contributed by atoms with E-state index in [2.05, 4.69) is 36.4 Å². The van der Waals surface area contributed by atoms with Gasteiger partial charge in [-0.15, -0.1) is 5.10 Å². The van der Waals surface area contributed by atoms with Gasteiger partial charge in [0.1, 0.15) is 5.82 Å². The monoisotopic (exact) mass is 314 g/mol. The smallest absolute Gasteiger partial charge is 0.336 e. The summed E-state index contributed by atoms with van der Waals surface area (Å²) in [5, 5.41) is 8.55. The number of aromatic nitrogens is 3. The molecular weight excluding hydrogens is 307 g/mol. The molecule has 0 spiro atoms. The van der Waals surface area contributed by atoms with Gasteiger partial charge in [-0.05, 0) is 18.2 Å². The molecule has 8 heteroatoms. The summed E-state index contributed by atoms with van der Waals surface area (Å²) in [4.78, 5) is 15.6. The molecule has 2 rings (SSSR count). The molecule has 0 bridgehead atoms. The summed E-state index contributed by atoms with van der Waals surface area (Å²) >= 11 is 3.11. The molecule has 2 aromatic rings. The van der Waals surface area contributed by atoms with E-state index in [-0.39, 0.29) is 17.5 Å². The Hall–Kier alpha value is -1.96. The number of carbonyl (C=O) groups excluding carboxylic acids is 1. The van der Waals surface area contributed by atoms with E-state index in [0.717, 1.165) is 6.07 Å². The van der Waals surface area contributed by atoms with Crippen molar-refractivity contribution in [3.63, 3.8) is 0 Å². The molecule has 0 aliphatic rings. The molecule has 0 aliphatic carbocycles. The van der Waals surface area contributed by atoms with Crippen molar-refractivity contribution in [3.8, 4) is 6.01 Å². The highest BCUT2D eigenvalue weighted by Crippen LogP contribution is 2.16. The first-order valence-corrected chi connectivity index (χ1v) is 5.61. The first-order chi connectivity index (χ1) is 8.58. The summed E-state index contributed by atoms with van der Waals surface area (Å²) in [6, 6.07) is 3.97. The van der Waals surface area contributed by atoms with Gasteiger partial charge in [0.15, 0.2) is 0 Å². The van der Waals surface area contributed by atoms with Crippen LogP contribution in [0.25, 0.3) is 0 Å². The van der Waals surface area contributed by atoms with Crippen LogP contribution in [0.5, 0.6) is 6.01 Å². The topological polar surface area (TPSA) is 79.9 Å². The molecule has 0 atom stereocenters. The lowest BCUT2D eigenvalue weighted by Gasteiger charge is -2.02. The highest BCUT2D eigenvalue weighted by Gasteiger charge is 2.11. The molecular formula is C10H8BrFN4O2. The van der Waals surface area contributed by atoms with Crippen molar-refractivity contribution in [2.45, 2.75) is 0 Å². The van der Waals surface area contributed by atoms with E-state index < -0.39 is 11.7 Å². The molecule has 0 fully saturated rings. The maximum atomic E-state index is 13.1. The number of ether oxygens (including phenoxy) is 1. The van der Waals surface area contributed by atoms with Crippen LogP contribution < -0.4 is 10.1 Å². The average Bonchev–Trinajstić information content (AvgIpc) is 2.75. The SMILES string of the molecule is COc1n[nH]c(NC(=O)c2cc(F)cc(Br)c2)n1. The number of hydrogen-bond acceptors (Lipinski definition) is 4. The first-order valence-electron chi connectivity index (χ1n) is 4.82. The molecule has 2 N–H and O–H groups in total. The number of halogens is 2. The lowest BCUT2D eigenvalue weighted by atomic mass is 10.2. The zero-order valence-electron chi connectivity index (χ0n) is 9.20. The van der Waals surface area contributed by atoms with Gasteiger partial charge in [0.2, 0.25) is 5.95 Å². The minimum Gasteiger partial charge on any atom is -0.466 e. The number of aromatic amines is 1. The molecule has 94 valence electrons. The quantitative estimate of drug-likeness (QED) is 0.907. The number of hydrogen-bond donors (Lipinski definition) is 2. The largest absolute Gasteiger partial charge is 0.466 e. The maximum Gasteiger partial charge on any atom is 0.336 e. The van der Waals surface area contributed by atoms with Crippen molar-refractivity contribution < 1.29 is 13.9 Å². The number of amides is 1. The Balaban J connectivity index is 2.16. The number of nitrogens with zero attached hydrogens (tertiary/aromatic N) is 2. The summed E-state index contributed by atoms with van der Waals surface area (Å²) in [6.45, 7) is 0. The van der Waals surface area contributed by atoms with E-state index in [4.69, 9.17) is 4.74 Å². The van der Waals surface area contributed by atoms with E-state index in [1.54, 1.807) is 0 Å². The zero-order chi connectivity index (χ0) is 13.1. The van der Waals surface area contributed by atoms with Crippen LogP contribution >= 0.6 is 15.9 Å². The molecule has 1 aromatic carbocycles. The van der Waals surface area contributed by atoms with Crippen LogP contribution in [0.1, 0.15) is 10.4 Å². The van der Waals surface area contributed by atoms with Gasteiger partial charge in [-0.3, -0.25) is 10.1 Å². The van der Waals surface area contributed by atoms with Crippen LogP contribution in [0.15, 0.2) is 22.7 Å². The van der Waals surface area contributed by atoms with Gasteiger partial charge in [-0.1, -0.05) is 15.9 Å². The average molecular weight is 315 g/mol. The highest BCUT2D eigenvalue weighted by atomic mass is 79.9. The van der Waals surface area contributed by atoms with Crippen molar-refractivity contribution in [2.24, 2.45) is 0 Å². The van der Waals surface area contributed by atoms with Crippen molar-refractivity contribution >= 4 is 27.8 Å². The van der Waals surface area contributed by atoms with E-state index >= 15 is 0 Å². The number of carbonyl (C=O) groups is 1. The third-order valence-corrected chi connectivity index (χ3v) is 2.46. The van der Waals surface area contributed by atoms with Gasteiger partial charge < -0.3 is 4.74 Å². The van der Waals surface area contributed by atoms with Gasteiger partial charge >= 0.3 is 6.01 Å². The Morgan fingerprint density at radius 2 is 2.28 bits per heavy atom. The predicted molar refractivity (Wildman–Crippen MR) is 65.0 cm³/mol. The van der Waals surface area contributed by atoms with Crippen LogP contribution in [0.4, 0.5) is 10.3 Å². The van der Waals surface area contributed by atoms with E-state index in [1.807, 2.05) is 0 Å². The van der Waals surface area contributed by atoms with E-state index in [1.165, 1.54) is 19.2 Å². The number of rotatable bonds is 3. The fourth-order valence-corrected chi connectivity index (χ4v) is 1.72. The van der Waals surface area contributed by atoms with Crippen molar-refractivity contribution in [1.82, 2.24) is 15.2 Å². The molecule has 6 nitrogen and oxygen atoms in total. The normalized spacial score (nSPS) is 10.2. The summed E-state index contributed by atoms with van der Waals surface area (Å²) in [5.74, 6) is -0.893. The number of H-pyrrole nitrogens is 1. The summed E-state index contributed by atoms with van der Waals surface area (Å²) in [6.07, 6.45) is 0. The van der Waals surface area contributed by atoms with Crippen LogP contribution in [-0.2, 0) is 0 Å². The fraction of sp³-hybridized carbons (Fsp3) is 0.100. The second-order valence-corrected chi connectivity index (χ2v) is 4.20. The van der Waals surface area contributed by atoms with E-state index in [9.17, 15) is 9.18 Å². The number of methoxy groups -OCH3 is 1. The van der Waals surface area contributed by atoms with Gasteiger partial charge in [0, 0.05) is 10.0 Å². The zero-order valence-corrected chi connectivity index (χ0v) is 10.8. The van der Waals surface area contributed by atoms with Crippen LogP contribution in [-0.4, -0.2) is 28.2 Å². The van der Waals surface area contributed by atoms with Gasteiger partial charge in [-0.2, -0.15) is 4.98 Å². The second-order valence-electron chi connectivity index (χ2n) is 3.28. The third kappa shape index (κ3) is 2.83. The maximum absolute atomic E-state index is 13.1. The summed E-state index contributed by atoms with van der Waals surface area (Å²) in [7, 11) is 1.40. The highest BCUT2D eigenvalue weighted by molar-refractivity contribution is 9.10. The predicted octanol–water partition coefficient (Wildman–Crippen LogP) is 1.97. The number of anilines is 1. The number of benzene rings is 1. The Morgan fingerprint density at radius 1 is 1.50 bits per heavy atom.